The molecule has 1 N–H and O–H groups in total. The molecule has 1 aliphatic carbocycles. The molecule has 0 saturated carbocycles. The Morgan fingerprint density at radius 3 is 2.21 bits per heavy atom. The standard InChI is InChI=1S/C8H6N.C5H5.2CH3.2ClH.Ti/c1-2-4-8-7(3-1)5-6-9-8;1-2-4-5-3-1;;;;;/h1-5,9H;1-3H,4H2;2*1H3;2*1H;/q4*-1;;;+4. The zero-order valence-corrected chi connectivity index (χ0v) is 14.3. The molecule has 0 bridgehead atoms. The van der Waals surface area contributed by atoms with Crippen molar-refractivity contribution in [2.75, 3.05) is 0 Å². The van der Waals surface area contributed by atoms with Gasteiger partial charge in [0, 0.05) is 0 Å². The van der Waals surface area contributed by atoms with Crippen molar-refractivity contribution < 1.29 is 21.7 Å². The van der Waals surface area contributed by atoms with E-state index < -0.39 is 0 Å². The molecule has 0 aliphatic heterocycles. The Balaban J connectivity index is -0.000000102. The van der Waals surface area contributed by atoms with Crippen LogP contribution in [0.15, 0.2) is 48.6 Å². The fourth-order valence-electron chi connectivity index (χ4n) is 1.27. The second kappa shape index (κ2) is 15.6. The first-order valence-corrected chi connectivity index (χ1v) is 4.62. The van der Waals surface area contributed by atoms with Gasteiger partial charge in [0.05, 0.1) is 0 Å². The molecule has 1 aliphatic rings. The fraction of sp³-hybridized carbons (Fsp3) is 0.0667. The normalized spacial score (nSPS) is 9.47. The van der Waals surface area contributed by atoms with Crippen LogP contribution in [-0.2, 0) is 21.7 Å². The van der Waals surface area contributed by atoms with E-state index in [9.17, 15) is 0 Å². The second-order valence-corrected chi connectivity index (χ2v) is 3.00. The summed E-state index contributed by atoms with van der Waals surface area (Å²) in [5, 5.41) is 1.22. The summed E-state index contributed by atoms with van der Waals surface area (Å²) in [6, 6.07) is 10.1. The Morgan fingerprint density at radius 1 is 1.05 bits per heavy atom. The van der Waals surface area contributed by atoms with Crippen molar-refractivity contribution in [3.05, 3.63) is 75.7 Å². The Hall–Kier alpha value is -0.466. The maximum absolute atomic E-state index is 2.99. The number of rotatable bonds is 0. The van der Waals surface area contributed by atoms with Gasteiger partial charge in [0.1, 0.15) is 0 Å². The van der Waals surface area contributed by atoms with Crippen molar-refractivity contribution in [2.45, 2.75) is 6.42 Å². The number of para-hydroxylation sites is 1. The van der Waals surface area contributed by atoms with Crippen LogP contribution in [0.3, 0.4) is 0 Å². The predicted molar refractivity (Wildman–Crippen MR) is 86.0 cm³/mol. The largest absolute Gasteiger partial charge is 4.00 e. The van der Waals surface area contributed by atoms with Crippen LogP contribution in [0.2, 0.25) is 0 Å². The number of hydrogen-bond acceptors (Lipinski definition) is 0. The van der Waals surface area contributed by atoms with Crippen molar-refractivity contribution in [3.8, 4) is 0 Å². The Kier molecular flexibility index (Phi) is 22.1. The van der Waals surface area contributed by atoms with Crippen LogP contribution in [0, 0.1) is 27.1 Å². The van der Waals surface area contributed by atoms with Gasteiger partial charge < -0.3 is 19.8 Å². The Bertz CT molecular complexity index is 424. The molecule has 1 aromatic carbocycles. The van der Waals surface area contributed by atoms with Crippen molar-refractivity contribution in [1.82, 2.24) is 4.98 Å². The summed E-state index contributed by atoms with van der Waals surface area (Å²) in [6.45, 7) is 0. The third-order valence-electron chi connectivity index (χ3n) is 1.98. The van der Waals surface area contributed by atoms with E-state index in [1.165, 1.54) is 5.39 Å². The van der Waals surface area contributed by atoms with Crippen molar-refractivity contribution >= 4 is 35.7 Å². The molecule has 0 radical (unpaired) electrons. The van der Waals surface area contributed by atoms with Gasteiger partial charge in [-0.05, 0) is 0 Å². The van der Waals surface area contributed by atoms with E-state index in [0.717, 1.165) is 11.9 Å². The van der Waals surface area contributed by atoms with Gasteiger partial charge in [0.2, 0.25) is 0 Å². The van der Waals surface area contributed by atoms with Crippen LogP contribution in [0.1, 0.15) is 6.42 Å². The maximum atomic E-state index is 2.99. The third kappa shape index (κ3) is 9.12. The molecule has 0 spiro atoms. The number of fused-ring (bicyclic) bond motifs is 1. The summed E-state index contributed by atoms with van der Waals surface area (Å²) >= 11 is 0. The van der Waals surface area contributed by atoms with E-state index in [4.69, 9.17) is 0 Å². The first-order chi connectivity index (χ1) is 6.97. The van der Waals surface area contributed by atoms with Gasteiger partial charge in [-0.2, -0.15) is 17.5 Å². The molecule has 4 heteroatoms. The number of allylic oxidation sites excluding steroid dienone is 4. The van der Waals surface area contributed by atoms with Crippen LogP contribution < -0.4 is 0 Å². The number of hydrogen-bond donors (Lipinski definition) is 1. The third-order valence-corrected chi connectivity index (χ3v) is 1.98. The van der Waals surface area contributed by atoms with Gasteiger partial charge in [-0.15, -0.1) is 55.1 Å². The van der Waals surface area contributed by atoms with Gasteiger partial charge in [-0.3, -0.25) is 6.08 Å². The first kappa shape index (κ1) is 27.0. The summed E-state index contributed by atoms with van der Waals surface area (Å²) in [6.07, 6.45) is 12.9. The van der Waals surface area contributed by atoms with Gasteiger partial charge in [0.15, 0.2) is 0 Å². The van der Waals surface area contributed by atoms with E-state index in [1.807, 2.05) is 36.4 Å². The van der Waals surface area contributed by atoms with Gasteiger partial charge in [-0.25, -0.2) is 12.2 Å². The zero-order valence-electron chi connectivity index (χ0n) is 11.1. The fourth-order valence-corrected chi connectivity index (χ4v) is 1.27. The number of benzene rings is 1. The zero-order chi connectivity index (χ0) is 9.64. The molecule has 19 heavy (non-hydrogen) atoms. The molecule has 1 aromatic heterocycles. The van der Waals surface area contributed by atoms with E-state index in [0.29, 0.717) is 0 Å². The SMILES string of the molecule is Cl.Cl.[C-]1=CC=CC1.[CH3-].[CH3-].[Ti+4].[c-]1cc2ccccc2[nH]1. The topological polar surface area (TPSA) is 15.8 Å². The molecule has 0 fully saturated rings. The van der Waals surface area contributed by atoms with Crippen LogP contribution in [0.5, 0.6) is 0 Å². The minimum absolute atomic E-state index is 0. The number of aromatic nitrogens is 1. The molecule has 1 nitrogen and oxygen atoms in total. The van der Waals surface area contributed by atoms with E-state index in [-0.39, 0.29) is 61.4 Å². The first-order valence-electron chi connectivity index (χ1n) is 4.62. The summed E-state index contributed by atoms with van der Waals surface area (Å²) in [5.41, 5.74) is 1.15. The quantitative estimate of drug-likeness (QED) is 0.515. The molecule has 1 heterocycles. The minimum atomic E-state index is 0. The van der Waals surface area contributed by atoms with Crippen LogP contribution in [0.4, 0.5) is 0 Å². The monoisotopic (exact) mass is 331 g/mol. The Morgan fingerprint density at radius 2 is 1.74 bits per heavy atom. The molecule has 3 rings (SSSR count). The summed E-state index contributed by atoms with van der Waals surface area (Å²) in [4.78, 5) is 2.99. The summed E-state index contributed by atoms with van der Waals surface area (Å²) < 4.78 is 0. The summed E-state index contributed by atoms with van der Waals surface area (Å²) in [5.74, 6) is 0. The van der Waals surface area contributed by atoms with Gasteiger partial charge in [0.25, 0.3) is 0 Å². The molecular weight excluding hydrogens is 313 g/mol. The van der Waals surface area contributed by atoms with E-state index >= 15 is 0 Å². The smallest absolute Gasteiger partial charge is 0.477 e. The van der Waals surface area contributed by atoms with Crippen molar-refractivity contribution in [3.63, 3.8) is 0 Å². The van der Waals surface area contributed by atoms with E-state index in [2.05, 4.69) is 29.4 Å². The van der Waals surface area contributed by atoms with E-state index in [1.54, 1.807) is 0 Å². The second-order valence-electron chi connectivity index (χ2n) is 3.00. The Labute approximate surface area is 144 Å². The molecule has 102 valence electrons. The maximum Gasteiger partial charge on any atom is 4.00 e. The number of H-pyrrole nitrogens is 1. The average molecular weight is 332 g/mol. The van der Waals surface area contributed by atoms with Crippen LogP contribution >= 0.6 is 24.8 Å². The van der Waals surface area contributed by atoms with Crippen molar-refractivity contribution in [1.29, 1.82) is 0 Å². The molecule has 0 saturated heterocycles. The number of halogens is 2. The molecule has 0 atom stereocenters. The molecule has 2 aromatic rings. The minimum Gasteiger partial charge on any atom is -0.477 e. The van der Waals surface area contributed by atoms with Crippen LogP contribution in [0.25, 0.3) is 10.9 Å². The molecule has 0 unspecified atom stereocenters. The van der Waals surface area contributed by atoms with Gasteiger partial charge in [-0.1, -0.05) is 12.1 Å². The summed E-state index contributed by atoms with van der Waals surface area (Å²) in [7, 11) is 0. The molecule has 0 amide bonds. The number of nitrogens with one attached hydrogen (secondary N) is 1. The van der Waals surface area contributed by atoms with Gasteiger partial charge >= 0.3 is 21.7 Å². The predicted octanol–water partition coefficient (Wildman–Crippen LogP) is 5.02. The van der Waals surface area contributed by atoms with Crippen molar-refractivity contribution in [2.24, 2.45) is 0 Å². The molecular formula is C15H19Cl2NTi. The average Bonchev–Trinajstić information content (AvgIpc) is 2.92. The van der Waals surface area contributed by atoms with Crippen LogP contribution in [-0.4, -0.2) is 4.98 Å². The number of aromatic amines is 1.